The third-order valence-electron chi connectivity index (χ3n) is 6.44. The first-order valence-electron chi connectivity index (χ1n) is 10.7. The predicted molar refractivity (Wildman–Crippen MR) is 119 cm³/mol. The molecule has 1 aliphatic carbocycles. The van der Waals surface area contributed by atoms with Crippen LogP contribution in [0.2, 0.25) is 0 Å². The summed E-state index contributed by atoms with van der Waals surface area (Å²) in [6.45, 7) is 5.56. The third kappa shape index (κ3) is 4.04. The number of rotatable bonds is 6. The van der Waals surface area contributed by atoms with E-state index in [0.717, 1.165) is 35.1 Å². The number of hydrogen-bond donors (Lipinski definition) is 0. The maximum Gasteiger partial charge on any atom is 0.233 e. The fraction of sp³-hybridized carbons (Fsp3) is 0.565. The van der Waals surface area contributed by atoms with Gasteiger partial charge in [0.25, 0.3) is 0 Å². The zero-order valence-corrected chi connectivity index (χ0v) is 19.2. The van der Waals surface area contributed by atoms with Crippen LogP contribution in [-0.2, 0) is 17.8 Å². The van der Waals surface area contributed by atoms with Crippen LogP contribution in [0, 0.1) is 13.8 Å². The summed E-state index contributed by atoms with van der Waals surface area (Å²) in [5.41, 5.74) is 4.68. The second kappa shape index (κ2) is 8.92. The molecule has 0 unspecified atom stereocenters. The molecule has 0 saturated heterocycles. The van der Waals surface area contributed by atoms with Crippen molar-refractivity contribution in [3.8, 4) is 11.5 Å². The maximum absolute atomic E-state index is 13.0. The summed E-state index contributed by atoms with van der Waals surface area (Å²) in [6, 6.07) is 4.57. The lowest BCUT2D eigenvalue weighted by atomic mass is 9.99. The largest absolute Gasteiger partial charge is 0.493 e. The molecule has 0 N–H and O–H groups in total. The molecule has 1 saturated carbocycles. The normalized spacial score (nSPS) is 16.6. The minimum Gasteiger partial charge on any atom is -0.493 e. The number of nitrogens with zero attached hydrogens (tertiary/aromatic N) is 3. The van der Waals surface area contributed by atoms with E-state index in [9.17, 15) is 4.79 Å². The zero-order valence-electron chi connectivity index (χ0n) is 18.4. The molecule has 162 valence electrons. The summed E-state index contributed by atoms with van der Waals surface area (Å²) < 4.78 is 13.2. The molecule has 0 bridgehead atoms. The Morgan fingerprint density at radius 3 is 2.47 bits per heavy atom. The van der Waals surface area contributed by atoms with E-state index in [1.54, 1.807) is 26.0 Å². The van der Waals surface area contributed by atoms with Gasteiger partial charge in [0.2, 0.25) is 5.91 Å². The van der Waals surface area contributed by atoms with Crippen molar-refractivity contribution in [2.24, 2.45) is 0 Å². The highest BCUT2D eigenvalue weighted by Gasteiger charge is 2.26. The van der Waals surface area contributed by atoms with Gasteiger partial charge in [0.05, 0.1) is 25.7 Å². The van der Waals surface area contributed by atoms with Gasteiger partial charge in [0, 0.05) is 24.8 Å². The summed E-state index contributed by atoms with van der Waals surface area (Å²) in [5, 5.41) is 0.995. The van der Waals surface area contributed by atoms with E-state index in [0.29, 0.717) is 24.1 Å². The lowest BCUT2D eigenvalue weighted by molar-refractivity contribution is -0.129. The number of imidazole rings is 1. The van der Waals surface area contributed by atoms with Crippen LogP contribution in [0.5, 0.6) is 11.5 Å². The molecular weight excluding hydrogens is 398 g/mol. The third-order valence-corrected chi connectivity index (χ3v) is 7.38. The lowest BCUT2D eigenvalue weighted by Crippen LogP contribution is -2.37. The van der Waals surface area contributed by atoms with Crippen LogP contribution in [0.25, 0.3) is 0 Å². The number of thioether (sulfide) groups is 1. The van der Waals surface area contributed by atoms with Gasteiger partial charge < -0.3 is 18.9 Å². The van der Waals surface area contributed by atoms with Gasteiger partial charge in [-0.2, -0.15) is 0 Å². The Labute approximate surface area is 182 Å². The van der Waals surface area contributed by atoms with Crippen molar-refractivity contribution >= 4 is 17.7 Å². The molecule has 1 amide bonds. The van der Waals surface area contributed by atoms with Crippen LogP contribution in [0.15, 0.2) is 17.3 Å². The van der Waals surface area contributed by atoms with E-state index in [2.05, 4.69) is 18.4 Å². The van der Waals surface area contributed by atoms with Gasteiger partial charge in [-0.3, -0.25) is 4.79 Å². The van der Waals surface area contributed by atoms with Crippen molar-refractivity contribution in [3.05, 3.63) is 34.6 Å². The van der Waals surface area contributed by atoms with Crippen molar-refractivity contribution in [1.82, 2.24) is 14.5 Å². The highest BCUT2D eigenvalue weighted by molar-refractivity contribution is 7.99. The van der Waals surface area contributed by atoms with Gasteiger partial charge in [-0.25, -0.2) is 4.98 Å². The predicted octanol–water partition coefficient (Wildman–Crippen LogP) is 4.31. The molecular formula is C23H31N3O3S. The summed E-state index contributed by atoms with van der Waals surface area (Å²) in [5.74, 6) is 2.04. The number of ether oxygens (including phenoxy) is 2. The standard InChI is InChI=1S/C23H31N3O3S/c1-15-16(2)26(19-7-5-6-8-19)23(24-15)30-14-22(27)25-10-9-17-11-20(28-3)21(29-4)12-18(17)13-25/h11-12,19H,5-10,13-14H2,1-4H3. The molecule has 1 aromatic carbocycles. The molecule has 0 atom stereocenters. The fourth-order valence-electron chi connectivity index (χ4n) is 4.60. The average Bonchev–Trinajstić information content (AvgIpc) is 3.38. The monoisotopic (exact) mass is 429 g/mol. The molecule has 1 aromatic heterocycles. The Morgan fingerprint density at radius 2 is 1.80 bits per heavy atom. The maximum atomic E-state index is 13.0. The Bertz CT molecular complexity index is 934. The number of aromatic nitrogens is 2. The molecule has 2 aromatic rings. The average molecular weight is 430 g/mol. The highest BCUT2D eigenvalue weighted by Crippen LogP contribution is 2.36. The number of methoxy groups -OCH3 is 2. The second-order valence-corrected chi connectivity index (χ2v) is 9.15. The number of fused-ring (bicyclic) bond motifs is 1. The number of aryl methyl sites for hydroxylation is 1. The van der Waals surface area contributed by atoms with Crippen molar-refractivity contribution in [3.63, 3.8) is 0 Å². The summed E-state index contributed by atoms with van der Waals surface area (Å²) in [7, 11) is 3.29. The molecule has 1 aliphatic heterocycles. The molecule has 0 spiro atoms. The van der Waals surface area contributed by atoms with Crippen LogP contribution in [0.1, 0.15) is 54.2 Å². The van der Waals surface area contributed by atoms with Crippen molar-refractivity contribution in [2.75, 3.05) is 26.5 Å². The minimum atomic E-state index is 0.164. The Morgan fingerprint density at radius 1 is 1.13 bits per heavy atom. The van der Waals surface area contributed by atoms with E-state index in [1.165, 1.54) is 36.9 Å². The molecule has 0 radical (unpaired) electrons. The highest BCUT2D eigenvalue weighted by atomic mass is 32.2. The van der Waals surface area contributed by atoms with E-state index < -0.39 is 0 Å². The number of amides is 1. The van der Waals surface area contributed by atoms with Crippen LogP contribution in [0.4, 0.5) is 0 Å². The molecule has 1 fully saturated rings. The SMILES string of the molecule is COc1cc2c(cc1OC)CN(C(=O)CSc1nc(C)c(C)n1C1CCCC1)CC2. The zero-order chi connectivity index (χ0) is 21.3. The van der Waals surface area contributed by atoms with Gasteiger partial charge in [-0.15, -0.1) is 0 Å². The molecule has 30 heavy (non-hydrogen) atoms. The molecule has 6 nitrogen and oxygen atoms in total. The van der Waals surface area contributed by atoms with E-state index >= 15 is 0 Å². The van der Waals surface area contributed by atoms with Gasteiger partial charge in [-0.1, -0.05) is 24.6 Å². The lowest BCUT2D eigenvalue weighted by Gasteiger charge is -2.29. The topological polar surface area (TPSA) is 56.6 Å². The van der Waals surface area contributed by atoms with Crippen LogP contribution in [-0.4, -0.2) is 46.9 Å². The van der Waals surface area contributed by atoms with Gasteiger partial charge >= 0.3 is 0 Å². The Balaban J connectivity index is 1.44. The summed E-state index contributed by atoms with van der Waals surface area (Å²) in [4.78, 5) is 19.7. The van der Waals surface area contributed by atoms with Crippen LogP contribution >= 0.6 is 11.8 Å². The number of carbonyl (C=O) groups is 1. The van der Waals surface area contributed by atoms with E-state index in [4.69, 9.17) is 14.5 Å². The van der Waals surface area contributed by atoms with E-state index in [-0.39, 0.29) is 5.91 Å². The molecule has 2 aliphatic rings. The van der Waals surface area contributed by atoms with Crippen molar-refractivity contribution in [2.45, 2.75) is 63.7 Å². The molecule has 2 heterocycles. The molecule has 7 heteroatoms. The van der Waals surface area contributed by atoms with Crippen LogP contribution < -0.4 is 9.47 Å². The Hall–Kier alpha value is -2.15. The Kier molecular flexibility index (Phi) is 6.27. The van der Waals surface area contributed by atoms with Gasteiger partial charge in [-0.05, 0) is 56.4 Å². The molecule has 4 rings (SSSR count). The van der Waals surface area contributed by atoms with Gasteiger partial charge in [0.1, 0.15) is 0 Å². The second-order valence-electron chi connectivity index (χ2n) is 8.20. The van der Waals surface area contributed by atoms with Crippen molar-refractivity contribution in [1.29, 1.82) is 0 Å². The van der Waals surface area contributed by atoms with Crippen LogP contribution in [0.3, 0.4) is 0 Å². The smallest absolute Gasteiger partial charge is 0.233 e. The fourth-order valence-corrected chi connectivity index (χ4v) is 5.67. The van der Waals surface area contributed by atoms with Gasteiger partial charge in [0.15, 0.2) is 16.7 Å². The minimum absolute atomic E-state index is 0.164. The summed E-state index contributed by atoms with van der Waals surface area (Å²) >= 11 is 1.58. The van der Waals surface area contributed by atoms with Crippen molar-refractivity contribution < 1.29 is 14.3 Å². The quantitative estimate of drug-likeness (QED) is 0.641. The number of benzene rings is 1. The first kappa shape index (κ1) is 21.1. The number of carbonyl (C=O) groups excluding carboxylic acids is 1. The number of hydrogen-bond acceptors (Lipinski definition) is 5. The first-order chi connectivity index (χ1) is 14.5. The first-order valence-corrected chi connectivity index (χ1v) is 11.7. The summed E-state index contributed by atoms with van der Waals surface area (Å²) in [6.07, 6.45) is 5.83. The van der Waals surface area contributed by atoms with E-state index in [1.807, 2.05) is 17.0 Å².